The van der Waals surface area contributed by atoms with Crippen molar-refractivity contribution >= 4 is 41.2 Å². The van der Waals surface area contributed by atoms with Gasteiger partial charge in [-0.1, -0.05) is 74.9 Å². The molecule has 2 aliphatic carbocycles. The van der Waals surface area contributed by atoms with Gasteiger partial charge in [-0.25, -0.2) is 4.79 Å². The van der Waals surface area contributed by atoms with Gasteiger partial charge in [0.05, 0.1) is 6.04 Å². The normalized spacial score (nSPS) is 19.6. The molecule has 15 heteroatoms. The number of carbonyl (C=O) groups is 7. The van der Waals surface area contributed by atoms with Gasteiger partial charge in [0, 0.05) is 52.2 Å². The highest BCUT2D eigenvalue weighted by Gasteiger charge is 2.58. The van der Waals surface area contributed by atoms with Crippen LogP contribution >= 0.6 is 0 Å². The Hall–Kier alpha value is -5.08. The topological polar surface area (TPSA) is 159 Å². The van der Waals surface area contributed by atoms with Crippen LogP contribution in [0.15, 0.2) is 54.6 Å². The Bertz CT molecular complexity index is 1850. The lowest BCUT2D eigenvalue weighted by atomic mass is 9.86. The van der Waals surface area contributed by atoms with Gasteiger partial charge < -0.3 is 25.2 Å². The number of nitrogens with zero attached hydrogens (tertiary/aromatic N) is 2. The molecule has 3 aliphatic rings. The monoisotopic (exact) mass is 840 g/mol. The SMILES string of the molecule is CCC.CN(C)C(=O)[C@@H](NC(=O)CCC(=O)C(=O)C(CCC(F)(F)F)CC(=O)[C@@H]1[C@H]2C[C@H]2CN1C(=O)[C@@H](NC(=O)OC(C)(C)C)C1Cc2ccccc2C1)c1ccccc1. The first-order chi connectivity index (χ1) is 28.1. The van der Waals surface area contributed by atoms with Gasteiger partial charge in [-0.05, 0) is 80.9 Å². The summed E-state index contributed by atoms with van der Waals surface area (Å²) in [6, 6.07) is 12.8. The lowest BCUT2D eigenvalue weighted by Gasteiger charge is -2.34. The molecule has 0 radical (unpaired) electrons. The van der Waals surface area contributed by atoms with Crippen LogP contribution in [0.1, 0.15) is 102 Å². The maximum absolute atomic E-state index is 14.4. The zero-order valence-corrected chi connectivity index (χ0v) is 35.6. The van der Waals surface area contributed by atoms with Crippen LogP contribution in [0.4, 0.5) is 18.0 Å². The number of alkyl halides is 3. The number of likely N-dealkylation sites (tertiary alicyclic amines) is 1. The number of nitrogens with one attached hydrogen (secondary N) is 2. The van der Waals surface area contributed by atoms with Crippen molar-refractivity contribution in [2.24, 2.45) is 23.7 Å². The molecule has 2 aromatic rings. The van der Waals surface area contributed by atoms with Crippen molar-refractivity contribution in [1.29, 1.82) is 0 Å². The first kappa shape index (κ1) is 47.6. The number of fused-ring (bicyclic) bond motifs is 2. The first-order valence-electron chi connectivity index (χ1n) is 20.7. The molecule has 328 valence electrons. The van der Waals surface area contributed by atoms with Gasteiger partial charge in [0.15, 0.2) is 11.6 Å². The molecule has 1 saturated carbocycles. The number of halogens is 3. The third-order valence-corrected chi connectivity index (χ3v) is 10.8. The highest BCUT2D eigenvalue weighted by atomic mass is 19.4. The highest BCUT2D eigenvalue weighted by molar-refractivity contribution is 6.38. The molecule has 60 heavy (non-hydrogen) atoms. The summed E-state index contributed by atoms with van der Waals surface area (Å²) in [5.74, 6) is -6.98. The number of Topliss-reactive ketones (excluding diaryl/α,β-unsaturated/α-hetero) is 3. The van der Waals surface area contributed by atoms with Crippen LogP contribution in [0.25, 0.3) is 0 Å². The van der Waals surface area contributed by atoms with E-state index in [2.05, 4.69) is 24.5 Å². The van der Waals surface area contributed by atoms with E-state index in [1.807, 2.05) is 24.3 Å². The van der Waals surface area contributed by atoms with Crippen molar-refractivity contribution in [3.63, 3.8) is 0 Å². The minimum atomic E-state index is -4.69. The van der Waals surface area contributed by atoms with Gasteiger partial charge in [0.2, 0.25) is 23.5 Å². The summed E-state index contributed by atoms with van der Waals surface area (Å²) in [7, 11) is 3.01. The average molecular weight is 841 g/mol. The smallest absolute Gasteiger partial charge is 0.408 e. The largest absolute Gasteiger partial charge is 0.444 e. The van der Waals surface area contributed by atoms with Crippen LogP contribution in [0.5, 0.6) is 0 Å². The predicted molar refractivity (Wildman–Crippen MR) is 217 cm³/mol. The molecule has 2 fully saturated rings. The van der Waals surface area contributed by atoms with E-state index >= 15 is 0 Å². The molecule has 2 N–H and O–H groups in total. The molecule has 5 rings (SSSR count). The molecule has 12 nitrogen and oxygen atoms in total. The maximum atomic E-state index is 14.4. The average Bonchev–Trinajstić information content (AvgIpc) is 3.62. The van der Waals surface area contributed by atoms with Crippen LogP contribution < -0.4 is 10.6 Å². The van der Waals surface area contributed by atoms with Crippen LogP contribution in [-0.4, -0.2) is 95.5 Å². The number of hydrogen-bond donors (Lipinski definition) is 2. The van der Waals surface area contributed by atoms with E-state index in [0.29, 0.717) is 24.8 Å². The second-order valence-electron chi connectivity index (χ2n) is 17.3. The van der Waals surface area contributed by atoms with Crippen LogP contribution in [0.3, 0.4) is 0 Å². The van der Waals surface area contributed by atoms with Gasteiger partial charge in [-0.3, -0.25) is 28.8 Å². The Morgan fingerprint density at radius 1 is 0.867 bits per heavy atom. The molecule has 1 aliphatic heterocycles. The quantitative estimate of drug-likeness (QED) is 0.186. The summed E-state index contributed by atoms with van der Waals surface area (Å²) >= 11 is 0. The number of rotatable bonds is 16. The van der Waals surface area contributed by atoms with Crippen molar-refractivity contribution in [2.45, 2.75) is 122 Å². The van der Waals surface area contributed by atoms with Gasteiger partial charge in [0.1, 0.15) is 17.7 Å². The van der Waals surface area contributed by atoms with Crippen molar-refractivity contribution in [3.8, 4) is 0 Å². The van der Waals surface area contributed by atoms with E-state index in [4.69, 9.17) is 4.74 Å². The Morgan fingerprint density at radius 3 is 2.00 bits per heavy atom. The zero-order valence-electron chi connectivity index (χ0n) is 35.6. The van der Waals surface area contributed by atoms with Crippen molar-refractivity contribution in [3.05, 3.63) is 71.3 Å². The number of piperidine rings is 1. The van der Waals surface area contributed by atoms with Crippen molar-refractivity contribution in [2.75, 3.05) is 20.6 Å². The number of alkyl carbamates (subject to hydrolysis) is 1. The van der Waals surface area contributed by atoms with E-state index in [0.717, 1.165) is 11.1 Å². The Morgan fingerprint density at radius 2 is 1.45 bits per heavy atom. The Balaban J connectivity index is 0.00000257. The second kappa shape index (κ2) is 20.5. The number of hydrogen-bond acceptors (Lipinski definition) is 8. The summed E-state index contributed by atoms with van der Waals surface area (Å²) in [5.41, 5.74) is 1.66. The molecule has 4 amide bonds. The third kappa shape index (κ3) is 13.2. The molecule has 0 spiro atoms. The molecule has 6 atom stereocenters. The second-order valence-corrected chi connectivity index (χ2v) is 17.3. The van der Waals surface area contributed by atoms with Crippen LogP contribution in [0.2, 0.25) is 0 Å². The zero-order chi connectivity index (χ0) is 44.5. The summed E-state index contributed by atoms with van der Waals surface area (Å²) in [5, 5.41) is 5.31. The summed E-state index contributed by atoms with van der Waals surface area (Å²) in [4.78, 5) is 96.6. The number of amides is 4. The molecule has 1 heterocycles. The maximum Gasteiger partial charge on any atom is 0.408 e. The predicted octanol–water partition coefficient (Wildman–Crippen LogP) is 6.34. The fourth-order valence-corrected chi connectivity index (χ4v) is 7.96. The minimum Gasteiger partial charge on any atom is -0.444 e. The standard InChI is InChI=1S/C42H51F3N4O8.C3H8/c1-41(2,3)57-40(56)47-35(28-19-25-13-9-10-14-26(25)20-28)39(55)49-23-29-21-30(29)36(49)32(51)22-27(17-18-42(43,44)45)37(53)31(50)15-16-33(52)46-34(38(54)48(4)5)24-11-7-6-8-12-24;1-3-2/h6-14,27-30,34-36H,15-23H2,1-5H3,(H,46,52)(H,47,56);3H2,1-2H3/t27?,29-,30-,34-,35-,36-;/m0./s1. The van der Waals surface area contributed by atoms with Crippen LogP contribution in [-0.2, 0) is 46.3 Å². The Labute approximate surface area is 350 Å². The molecule has 0 bridgehead atoms. The lowest BCUT2D eigenvalue weighted by molar-refractivity contribution is -0.148. The molecular formula is C45H59F3N4O8. The summed E-state index contributed by atoms with van der Waals surface area (Å²) in [6.45, 7) is 9.50. The molecule has 2 aromatic carbocycles. The highest BCUT2D eigenvalue weighted by Crippen LogP contribution is 2.51. The summed E-state index contributed by atoms with van der Waals surface area (Å²) < 4.78 is 45.9. The fraction of sp³-hybridized carbons (Fsp3) is 0.578. The molecular weight excluding hydrogens is 782 g/mol. The lowest BCUT2D eigenvalue weighted by Crippen LogP contribution is -2.56. The summed E-state index contributed by atoms with van der Waals surface area (Å²) in [6.07, 6.45) is -6.84. The van der Waals surface area contributed by atoms with Gasteiger partial charge >= 0.3 is 12.3 Å². The number of carbonyl (C=O) groups excluding carboxylic acids is 7. The number of benzene rings is 2. The molecule has 0 aromatic heterocycles. The van der Waals surface area contributed by atoms with E-state index in [1.54, 1.807) is 51.1 Å². The number of ether oxygens (including phenoxy) is 1. The van der Waals surface area contributed by atoms with Crippen molar-refractivity contribution < 1.29 is 51.5 Å². The minimum absolute atomic E-state index is 0.0330. The Kier molecular flexibility index (Phi) is 16.2. The van der Waals surface area contributed by atoms with E-state index < -0.39 is 109 Å². The van der Waals surface area contributed by atoms with E-state index in [9.17, 15) is 46.7 Å². The third-order valence-electron chi connectivity index (χ3n) is 10.8. The van der Waals surface area contributed by atoms with Gasteiger partial charge in [0.25, 0.3) is 0 Å². The molecule has 1 unspecified atom stereocenters. The van der Waals surface area contributed by atoms with E-state index in [1.165, 1.54) is 30.3 Å². The van der Waals surface area contributed by atoms with E-state index in [-0.39, 0.29) is 24.3 Å². The number of ketones is 3. The van der Waals surface area contributed by atoms with Crippen molar-refractivity contribution in [1.82, 2.24) is 20.4 Å². The fourth-order valence-electron chi connectivity index (χ4n) is 7.96. The van der Waals surface area contributed by atoms with Gasteiger partial charge in [-0.2, -0.15) is 13.2 Å². The number of likely N-dealkylation sites (N-methyl/N-ethyl adjacent to an activating group) is 1. The molecule has 1 saturated heterocycles. The van der Waals surface area contributed by atoms with Crippen LogP contribution in [0, 0.1) is 23.7 Å². The first-order valence-corrected chi connectivity index (χ1v) is 20.7. The van der Waals surface area contributed by atoms with Gasteiger partial charge in [-0.15, -0.1) is 0 Å².